The lowest BCUT2D eigenvalue weighted by molar-refractivity contribution is 0.213. The van der Waals surface area contributed by atoms with Crippen molar-refractivity contribution < 1.29 is 13.5 Å². The normalized spacial score (nSPS) is 14.0. The lowest BCUT2D eigenvalue weighted by Crippen LogP contribution is -2.37. The van der Waals surface area contributed by atoms with Crippen LogP contribution in [0, 0.1) is 0 Å². The number of benzene rings is 1. The molecule has 0 aliphatic rings. The van der Waals surface area contributed by atoms with Gasteiger partial charge in [0.25, 0.3) is 0 Å². The number of rotatable bonds is 5. The third kappa shape index (κ3) is 3.30. The first-order chi connectivity index (χ1) is 7.47. The van der Waals surface area contributed by atoms with Crippen LogP contribution in [0.5, 0.6) is 0 Å². The van der Waals surface area contributed by atoms with E-state index in [1.165, 1.54) is 11.4 Å². The van der Waals surface area contributed by atoms with E-state index in [0.29, 0.717) is 0 Å². The van der Waals surface area contributed by atoms with E-state index in [1.54, 1.807) is 31.2 Å². The van der Waals surface area contributed by atoms with Crippen molar-refractivity contribution in [3.05, 3.63) is 35.9 Å². The second-order valence-corrected chi connectivity index (χ2v) is 5.82. The highest BCUT2D eigenvalue weighted by molar-refractivity contribution is 7.88. The zero-order valence-corrected chi connectivity index (χ0v) is 10.3. The number of nitrogens with zero attached hydrogens (tertiary/aromatic N) is 1. The third-order valence-corrected chi connectivity index (χ3v) is 4.45. The van der Waals surface area contributed by atoms with Crippen LogP contribution in [0.1, 0.15) is 12.5 Å². The molecule has 5 heteroatoms. The van der Waals surface area contributed by atoms with Gasteiger partial charge in [-0.2, -0.15) is 4.31 Å². The first-order valence-corrected chi connectivity index (χ1v) is 6.69. The summed E-state index contributed by atoms with van der Waals surface area (Å²) < 4.78 is 25.0. The molecule has 0 aliphatic carbocycles. The van der Waals surface area contributed by atoms with Gasteiger partial charge < -0.3 is 5.11 Å². The summed E-state index contributed by atoms with van der Waals surface area (Å²) >= 11 is 0. The van der Waals surface area contributed by atoms with Crippen LogP contribution >= 0.6 is 0 Å². The molecule has 0 spiro atoms. The molecule has 90 valence electrons. The van der Waals surface area contributed by atoms with Gasteiger partial charge in [0.1, 0.15) is 0 Å². The number of likely N-dealkylation sites (N-methyl/N-ethyl adjacent to an activating group) is 1. The minimum absolute atomic E-state index is 0.0331. The molecule has 4 nitrogen and oxygen atoms in total. The van der Waals surface area contributed by atoms with Gasteiger partial charge in [0, 0.05) is 13.1 Å². The SMILES string of the molecule is CC(CO)N(C)S(=O)(=O)Cc1ccccc1. The average molecular weight is 243 g/mol. The highest BCUT2D eigenvalue weighted by Gasteiger charge is 2.22. The second-order valence-electron chi connectivity index (χ2n) is 3.79. The van der Waals surface area contributed by atoms with E-state index in [4.69, 9.17) is 5.11 Å². The quantitative estimate of drug-likeness (QED) is 0.833. The Balaban J connectivity index is 2.80. The van der Waals surface area contributed by atoms with Crippen molar-refractivity contribution in [1.29, 1.82) is 0 Å². The van der Waals surface area contributed by atoms with Gasteiger partial charge in [-0.05, 0) is 12.5 Å². The van der Waals surface area contributed by atoms with Crippen molar-refractivity contribution in [3.8, 4) is 0 Å². The summed E-state index contributed by atoms with van der Waals surface area (Å²) in [6.07, 6.45) is 0. The average Bonchev–Trinajstić information content (AvgIpc) is 2.27. The number of hydrogen-bond acceptors (Lipinski definition) is 3. The Morgan fingerprint density at radius 1 is 1.31 bits per heavy atom. The van der Waals surface area contributed by atoms with Crippen molar-refractivity contribution in [2.45, 2.75) is 18.7 Å². The molecule has 1 N–H and O–H groups in total. The lowest BCUT2D eigenvalue weighted by atomic mass is 10.2. The van der Waals surface area contributed by atoms with Gasteiger partial charge in [0.15, 0.2) is 0 Å². The van der Waals surface area contributed by atoms with Crippen LogP contribution in [0.25, 0.3) is 0 Å². The van der Waals surface area contributed by atoms with Gasteiger partial charge in [-0.3, -0.25) is 0 Å². The fourth-order valence-electron chi connectivity index (χ4n) is 1.28. The second kappa shape index (κ2) is 5.43. The van der Waals surface area contributed by atoms with Crippen molar-refractivity contribution in [3.63, 3.8) is 0 Å². The highest BCUT2D eigenvalue weighted by atomic mass is 32.2. The van der Waals surface area contributed by atoms with Crippen molar-refractivity contribution in [2.24, 2.45) is 0 Å². The smallest absolute Gasteiger partial charge is 0.218 e. The van der Waals surface area contributed by atoms with Crippen molar-refractivity contribution in [1.82, 2.24) is 4.31 Å². The summed E-state index contributed by atoms with van der Waals surface area (Å²) in [5.74, 6) is -0.0331. The molecule has 0 aromatic heterocycles. The van der Waals surface area contributed by atoms with E-state index < -0.39 is 16.1 Å². The zero-order chi connectivity index (χ0) is 12.2. The predicted molar refractivity (Wildman–Crippen MR) is 63.4 cm³/mol. The largest absolute Gasteiger partial charge is 0.395 e. The lowest BCUT2D eigenvalue weighted by Gasteiger charge is -2.22. The van der Waals surface area contributed by atoms with Crippen LogP contribution in [0.15, 0.2) is 30.3 Å². The van der Waals surface area contributed by atoms with Crippen LogP contribution in [-0.4, -0.2) is 37.5 Å². The van der Waals surface area contributed by atoms with Crippen LogP contribution in [0.2, 0.25) is 0 Å². The van der Waals surface area contributed by atoms with E-state index >= 15 is 0 Å². The van der Waals surface area contributed by atoms with Gasteiger partial charge in [0.05, 0.1) is 12.4 Å². The van der Waals surface area contributed by atoms with Gasteiger partial charge in [-0.15, -0.1) is 0 Å². The molecule has 0 amide bonds. The molecular formula is C11H17NO3S. The molecule has 0 saturated carbocycles. The van der Waals surface area contributed by atoms with E-state index in [-0.39, 0.29) is 12.4 Å². The Kier molecular flexibility index (Phi) is 4.46. The molecule has 0 aliphatic heterocycles. The van der Waals surface area contributed by atoms with Crippen molar-refractivity contribution >= 4 is 10.0 Å². The molecule has 0 fully saturated rings. The number of aliphatic hydroxyl groups is 1. The molecule has 1 unspecified atom stereocenters. The van der Waals surface area contributed by atoms with Crippen LogP contribution in [0.4, 0.5) is 0 Å². The first-order valence-electron chi connectivity index (χ1n) is 5.08. The van der Waals surface area contributed by atoms with Crippen LogP contribution in [-0.2, 0) is 15.8 Å². The van der Waals surface area contributed by atoms with E-state index in [9.17, 15) is 8.42 Å². The standard InChI is InChI=1S/C11H17NO3S/c1-10(8-13)12(2)16(14,15)9-11-6-4-3-5-7-11/h3-7,10,13H,8-9H2,1-2H3. The maximum atomic E-state index is 11.9. The molecule has 1 aromatic rings. The summed E-state index contributed by atoms with van der Waals surface area (Å²) in [6, 6.07) is 8.61. The summed E-state index contributed by atoms with van der Waals surface area (Å²) in [5.41, 5.74) is 0.750. The Morgan fingerprint density at radius 3 is 2.38 bits per heavy atom. The molecule has 0 radical (unpaired) electrons. The topological polar surface area (TPSA) is 57.6 Å². The van der Waals surface area contributed by atoms with Crippen LogP contribution < -0.4 is 0 Å². The Labute approximate surface area is 96.6 Å². The minimum atomic E-state index is -3.35. The molecule has 0 saturated heterocycles. The number of sulfonamides is 1. The third-order valence-electron chi connectivity index (χ3n) is 2.52. The summed E-state index contributed by atoms with van der Waals surface area (Å²) in [5, 5.41) is 8.93. The predicted octanol–water partition coefficient (Wildman–Crippen LogP) is 0.829. The summed E-state index contributed by atoms with van der Waals surface area (Å²) in [7, 11) is -1.87. The number of hydrogen-bond donors (Lipinski definition) is 1. The molecule has 1 aromatic carbocycles. The fraction of sp³-hybridized carbons (Fsp3) is 0.455. The first kappa shape index (κ1) is 13.2. The maximum absolute atomic E-state index is 11.9. The molecule has 1 atom stereocenters. The monoisotopic (exact) mass is 243 g/mol. The summed E-state index contributed by atoms with van der Waals surface area (Å²) in [6.45, 7) is 1.49. The Morgan fingerprint density at radius 2 is 1.88 bits per heavy atom. The van der Waals surface area contributed by atoms with Gasteiger partial charge >= 0.3 is 0 Å². The van der Waals surface area contributed by atoms with E-state index in [2.05, 4.69) is 0 Å². The molecular weight excluding hydrogens is 226 g/mol. The van der Waals surface area contributed by atoms with Gasteiger partial charge in [-0.25, -0.2) is 8.42 Å². The van der Waals surface area contributed by atoms with Gasteiger partial charge in [0.2, 0.25) is 10.0 Å². The number of aliphatic hydroxyl groups excluding tert-OH is 1. The Hall–Kier alpha value is -0.910. The van der Waals surface area contributed by atoms with E-state index in [1.807, 2.05) is 6.07 Å². The zero-order valence-electron chi connectivity index (χ0n) is 9.50. The molecule has 16 heavy (non-hydrogen) atoms. The fourth-order valence-corrected chi connectivity index (χ4v) is 2.71. The van der Waals surface area contributed by atoms with Crippen LogP contribution in [0.3, 0.4) is 0 Å². The molecule has 1 rings (SSSR count). The molecule has 0 bridgehead atoms. The Bertz CT molecular complexity index is 416. The summed E-state index contributed by atoms with van der Waals surface area (Å²) in [4.78, 5) is 0. The van der Waals surface area contributed by atoms with Crippen molar-refractivity contribution in [2.75, 3.05) is 13.7 Å². The van der Waals surface area contributed by atoms with Gasteiger partial charge in [-0.1, -0.05) is 30.3 Å². The molecule has 0 heterocycles. The minimum Gasteiger partial charge on any atom is -0.395 e. The maximum Gasteiger partial charge on any atom is 0.218 e. The highest BCUT2D eigenvalue weighted by Crippen LogP contribution is 2.11. The van der Waals surface area contributed by atoms with E-state index in [0.717, 1.165) is 5.56 Å².